The van der Waals surface area contributed by atoms with Gasteiger partial charge < -0.3 is 15.2 Å². The van der Waals surface area contributed by atoms with Crippen LogP contribution in [0.1, 0.15) is 18.4 Å². The van der Waals surface area contributed by atoms with Gasteiger partial charge in [0, 0.05) is 26.0 Å². The Balaban J connectivity index is 2.32. The molecule has 1 aliphatic heterocycles. The highest BCUT2D eigenvalue weighted by atomic mass is 19.1. The van der Waals surface area contributed by atoms with Gasteiger partial charge in [-0.2, -0.15) is 0 Å². The second-order valence-corrected chi connectivity index (χ2v) is 4.04. The molecule has 1 aliphatic rings. The smallest absolute Gasteiger partial charge is 0.408 e. The van der Waals surface area contributed by atoms with Crippen molar-refractivity contribution >= 4 is 6.09 Å². The maximum Gasteiger partial charge on any atom is 0.408 e. The van der Waals surface area contributed by atoms with Crippen molar-refractivity contribution in [2.75, 3.05) is 13.2 Å². The number of aliphatic hydroxyl groups is 1. The van der Waals surface area contributed by atoms with Gasteiger partial charge in [-0.25, -0.2) is 9.18 Å². The van der Waals surface area contributed by atoms with Gasteiger partial charge in [-0.1, -0.05) is 12.1 Å². The molecule has 2 rings (SSSR count). The van der Waals surface area contributed by atoms with Crippen LogP contribution in [-0.2, 0) is 10.3 Å². The zero-order valence-corrected chi connectivity index (χ0v) is 9.28. The lowest BCUT2D eigenvalue weighted by molar-refractivity contribution is -0.0330. The van der Waals surface area contributed by atoms with Crippen LogP contribution < -0.4 is 5.32 Å². The third kappa shape index (κ3) is 2.39. The molecule has 0 aliphatic carbocycles. The van der Waals surface area contributed by atoms with E-state index in [2.05, 4.69) is 5.32 Å². The van der Waals surface area contributed by atoms with Crippen LogP contribution in [0.3, 0.4) is 0 Å². The van der Waals surface area contributed by atoms with Gasteiger partial charge in [0.25, 0.3) is 0 Å². The maximum atomic E-state index is 12.9. The summed E-state index contributed by atoms with van der Waals surface area (Å²) in [6, 6.07) is 5.82. The zero-order valence-electron chi connectivity index (χ0n) is 9.28. The lowest BCUT2D eigenvalue weighted by Crippen LogP contribution is -2.45. The monoisotopic (exact) mass is 239 g/mol. The first-order chi connectivity index (χ1) is 8.16. The molecule has 17 heavy (non-hydrogen) atoms. The molecule has 1 saturated heterocycles. The van der Waals surface area contributed by atoms with Gasteiger partial charge in [-0.05, 0) is 17.7 Å². The fourth-order valence-electron chi connectivity index (χ4n) is 2.09. The van der Waals surface area contributed by atoms with E-state index in [0.717, 1.165) is 0 Å². The van der Waals surface area contributed by atoms with Crippen LogP contribution in [0.15, 0.2) is 24.3 Å². The van der Waals surface area contributed by atoms with E-state index in [1.54, 1.807) is 12.1 Å². The summed E-state index contributed by atoms with van der Waals surface area (Å²) in [7, 11) is 0. The van der Waals surface area contributed by atoms with Crippen LogP contribution in [0.4, 0.5) is 9.18 Å². The molecule has 0 bridgehead atoms. The van der Waals surface area contributed by atoms with E-state index in [0.29, 0.717) is 24.9 Å². The first-order valence-electron chi connectivity index (χ1n) is 5.50. The predicted molar refractivity (Wildman–Crippen MR) is 58.9 cm³/mol. The predicted octanol–water partition coefficient (Wildman–Crippen LogP) is 1.53. The number of hydrogen-bond donors (Lipinski definition) is 2. The number of hydrogen-bond acceptors (Lipinski definition) is 3. The van der Waals surface area contributed by atoms with Crippen molar-refractivity contribution in [3.63, 3.8) is 0 Å². The number of halogens is 1. The van der Waals surface area contributed by atoms with Crippen molar-refractivity contribution in [1.82, 2.24) is 5.32 Å². The summed E-state index contributed by atoms with van der Waals surface area (Å²) in [4.78, 5) is 11.3. The van der Waals surface area contributed by atoms with Gasteiger partial charge in [0.05, 0.1) is 0 Å². The largest absolute Gasteiger partial charge is 0.438 e. The van der Waals surface area contributed by atoms with Crippen molar-refractivity contribution in [3.8, 4) is 0 Å². The summed E-state index contributed by atoms with van der Waals surface area (Å²) in [6.45, 7) is 0.390. The highest BCUT2D eigenvalue weighted by Crippen LogP contribution is 2.35. The quantitative estimate of drug-likeness (QED) is 0.841. The van der Waals surface area contributed by atoms with Crippen molar-refractivity contribution in [3.05, 3.63) is 35.6 Å². The summed E-state index contributed by atoms with van der Waals surface area (Å²) in [6.07, 6.45) is 0.366. The lowest BCUT2D eigenvalue weighted by Gasteiger charge is -2.37. The molecule has 0 radical (unpaired) electrons. The molecule has 1 aromatic rings. The molecular formula is C12H14FNO3. The van der Waals surface area contributed by atoms with Crippen LogP contribution in [-0.4, -0.2) is 24.4 Å². The molecule has 1 amide bonds. The van der Waals surface area contributed by atoms with E-state index in [-0.39, 0.29) is 12.4 Å². The third-order valence-electron chi connectivity index (χ3n) is 2.97. The Morgan fingerprint density at radius 3 is 2.71 bits per heavy atom. The average Bonchev–Trinajstić information content (AvgIpc) is 2.30. The number of rotatable bonds is 3. The fraction of sp³-hybridized carbons (Fsp3) is 0.417. The van der Waals surface area contributed by atoms with Crippen molar-refractivity contribution in [2.24, 2.45) is 0 Å². The van der Waals surface area contributed by atoms with Crippen LogP contribution in [0.5, 0.6) is 0 Å². The Kier molecular flexibility index (Phi) is 3.28. The maximum absolute atomic E-state index is 12.9. The molecule has 1 unspecified atom stereocenters. The fourth-order valence-corrected chi connectivity index (χ4v) is 2.09. The summed E-state index contributed by atoms with van der Waals surface area (Å²) >= 11 is 0. The molecule has 5 heteroatoms. The second-order valence-electron chi connectivity index (χ2n) is 4.04. The summed E-state index contributed by atoms with van der Waals surface area (Å²) in [5.41, 5.74) is -0.132. The normalized spacial score (nSPS) is 24.0. The van der Waals surface area contributed by atoms with Gasteiger partial charge >= 0.3 is 6.09 Å². The minimum absolute atomic E-state index is 0.0926. The van der Waals surface area contributed by atoms with Gasteiger partial charge in [0.15, 0.2) is 0 Å². The molecule has 0 spiro atoms. The highest BCUT2D eigenvalue weighted by Gasteiger charge is 2.38. The van der Waals surface area contributed by atoms with Crippen molar-refractivity contribution < 1.29 is 19.0 Å². The van der Waals surface area contributed by atoms with E-state index < -0.39 is 11.7 Å². The number of cyclic esters (lactones) is 1. The number of alkyl carbamates (subject to hydrolysis) is 1. The van der Waals surface area contributed by atoms with Crippen molar-refractivity contribution in [2.45, 2.75) is 18.4 Å². The van der Waals surface area contributed by atoms with E-state index in [1.165, 1.54) is 12.1 Å². The van der Waals surface area contributed by atoms with Gasteiger partial charge in [-0.3, -0.25) is 0 Å². The summed E-state index contributed by atoms with van der Waals surface area (Å²) < 4.78 is 18.2. The third-order valence-corrected chi connectivity index (χ3v) is 2.97. The molecule has 1 fully saturated rings. The molecular weight excluding hydrogens is 225 g/mol. The number of amides is 1. The van der Waals surface area contributed by atoms with E-state index in [9.17, 15) is 9.18 Å². The number of carbonyl (C=O) groups is 1. The molecule has 2 N–H and O–H groups in total. The number of ether oxygens (including phenoxy) is 1. The first-order valence-corrected chi connectivity index (χ1v) is 5.50. The molecule has 4 nitrogen and oxygen atoms in total. The number of carbonyl (C=O) groups excluding carboxylic acids is 1. The van der Waals surface area contributed by atoms with Gasteiger partial charge in [0.1, 0.15) is 11.4 Å². The molecule has 1 atom stereocenters. The highest BCUT2D eigenvalue weighted by molar-refractivity contribution is 5.68. The average molecular weight is 239 g/mol. The first kappa shape index (κ1) is 11.9. The number of nitrogens with one attached hydrogen (secondary N) is 1. The Morgan fingerprint density at radius 2 is 2.12 bits per heavy atom. The Morgan fingerprint density at radius 1 is 1.41 bits per heavy atom. The minimum atomic E-state index is -0.842. The summed E-state index contributed by atoms with van der Waals surface area (Å²) in [5.74, 6) is -0.340. The number of aliphatic hydroxyl groups excluding tert-OH is 1. The Bertz CT molecular complexity index is 403. The Hall–Kier alpha value is -1.62. The molecule has 1 heterocycles. The molecule has 0 aromatic heterocycles. The SMILES string of the molecule is O=C1NCCC(CCO)(c2ccc(F)cc2)O1. The van der Waals surface area contributed by atoms with E-state index in [1.807, 2.05) is 0 Å². The topological polar surface area (TPSA) is 58.6 Å². The lowest BCUT2D eigenvalue weighted by atomic mass is 9.86. The molecule has 92 valence electrons. The van der Waals surface area contributed by atoms with E-state index >= 15 is 0 Å². The number of benzene rings is 1. The van der Waals surface area contributed by atoms with Crippen LogP contribution in [0, 0.1) is 5.82 Å². The van der Waals surface area contributed by atoms with Gasteiger partial charge in [-0.15, -0.1) is 0 Å². The molecule has 0 saturated carbocycles. The van der Waals surface area contributed by atoms with Gasteiger partial charge in [0.2, 0.25) is 0 Å². The molecule has 1 aromatic carbocycles. The van der Waals surface area contributed by atoms with Crippen molar-refractivity contribution in [1.29, 1.82) is 0 Å². The minimum Gasteiger partial charge on any atom is -0.438 e. The second kappa shape index (κ2) is 4.71. The van der Waals surface area contributed by atoms with Crippen LogP contribution >= 0.6 is 0 Å². The summed E-state index contributed by atoms with van der Waals surface area (Å²) in [5, 5.41) is 11.7. The standard InChI is InChI=1S/C12H14FNO3/c13-10-3-1-9(2-4-10)12(6-8-15)5-7-14-11(16)17-12/h1-4,15H,5-8H2,(H,14,16). The van der Waals surface area contributed by atoms with Crippen LogP contribution in [0.25, 0.3) is 0 Å². The van der Waals surface area contributed by atoms with E-state index in [4.69, 9.17) is 9.84 Å². The Labute approximate surface area is 98.4 Å². The van der Waals surface area contributed by atoms with Crippen LogP contribution in [0.2, 0.25) is 0 Å². The zero-order chi connectivity index (χ0) is 12.3.